The average Bonchev–Trinajstić information content (AvgIpc) is 2.85. The molecule has 0 unspecified atom stereocenters. The normalized spacial score (nSPS) is 11.7. The number of aromatic nitrogens is 5. The number of fused-ring (bicyclic) bond motifs is 1. The summed E-state index contributed by atoms with van der Waals surface area (Å²) >= 11 is 3.29. The average molecular weight is 310 g/mol. The molecule has 96 valence electrons. The quantitative estimate of drug-likeness (QED) is 0.770. The van der Waals surface area contributed by atoms with Crippen molar-refractivity contribution in [2.45, 2.75) is 39.2 Å². The largest absolute Gasteiger partial charge is 0.333 e. The van der Waals surface area contributed by atoms with Crippen LogP contribution in [0.25, 0.3) is 11.5 Å². The summed E-state index contributed by atoms with van der Waals surface area (Å²) in [5, 5.41) is 11.7. The Morgan fingerprint density at radius 1 is 1.33 bits per heavy atom. The second-order valence-corrected chi connectivity index (χ2v) is 4.65. The summed E-state index contributed by atoms with van der Waals surface area (Å²) in [6.07, 6.45) is 8.28. The van der Waals surface area contributed by atoms with Gasteiger partial charge in [-0.25, -0.2) is 4.98 Å². The van der Waals surface area contributed by atoms with Crippen LogP contribution >= 0.6 is 15.9 Å². The number of nitrogens with zero attached hydrogens (tertiary/aromatic N) is 5. The van der Waals surface area contributed by atoms with Crippen molar-refractivity contribution in [2.75, 3.05) is 0 Å². The molecule has 2 heterocycles. The molecule has 5 nitrogen and oxygen atoms in total. The zero-order chi connectivity index (χ0) is 12.8. The summed E-state index contributed by atoms with van der Waals surface area (Å²) in [6, 6.07) is 0. The van der Waals surface area contributed by atoms with Gasteiger partial charge in [-0.1, -0.05) is 41.8 Å². The molecule has 2 rings (SSSR count). The second kappa shape index (κ2) is 6.58. The molecule has 0 amide bonds. The summed E-state index contributed by atoms with van der Waals surface area (Å²) in [4.78, 5) is 6.14. The number of hydrogen-bond acceptors (Lipinski definition) is 4. The lowest BCUT2D eigenvalue weighted by Gasteiger charge is -2.13. The number of halogens is 1. The lowest BCUT2D eigenvalue weighted by molar-refractivity contribution is 0.576. The van der Waals surface area contributed by atoms with E-state index in [0.717, 1.165) is 30.8 Å². The first kappa shape index (κ1) is 13.1. The third-order valence-electron chi connectivity index (χ3n) is 2.84. The minimum atomic E-state index is 0.625. The van der Waals surface area contributed by atoms with E-state index in [0.29, 0.717) is 5.82 Å². The minimum absolute atomic E-state index is 0.625. The second-order valence-electron chi connectivity index (χ2n) is 4.12. The standard InChI is InChI=1S/C12H16BrN5/c1-2-3-4-8-18-9-14-12-11(15-17-16-12)10(18)6-5-7-13/h5,7,9H,2-4,6,8H2,1H3. The molecule has 0 bridgehead atoms. The van der Waals surface area contributed by atoms with E-state index in [9.17, 15) is 0 Å². The summed E-state index contributed by atoms with van der Waals surface area (Å²) in [7, 11) is 0. The maximum Gasteiger partial charge on any atom is 0.207 e. The molecule has 18 heavy (non-hydrogen) atoms. The van der Waals surface area contributed by atoms with E-state index in [1.807, 2.05) is 17.4 Å². The molecule has 0 aromatic heterocycles. The number of unbranched alkanes of at least 4 members (excludes halogenated alkanes) is 2. The first-order valence-electron chi connectivity index (χ1n) is 6.15. The molecule has 0 aliphatic carbocycles. The topological polar surface area (TPSA) is 56.5 Å². The van der Waals surface area contributed by atoms with Crippen molar-refractivity contribution in [3.8, 4) is 11.5 Å². The van der Waals surface area contributed by atoms with Gasteiger partial charge in [0.05, 0.1) is 12.0 Å². The Morgan fingerprint density at radius 3 is 3.00 bits per heavy atom. The molecule has 0 atom stereocenters. The molecular weight excluding hydrogens is 294 g/mol. The Balaban J connectivity index is 2.28. The van der Waals surface area contributed by atoms with E-state index in [1.54, 1.807) is 0 Å². The van der Waals surface area contributed by atoms with E-state index in [4.69, 9.17) is 0 Å². The van der Waals surface area contributed by atoms with E-state index in [-0.39, 0.29) is 0 Å². The molecule has 0 aromatic carbocycles. The van der Waals surface area contributed by atoms with Crippen LogP contribution in [-0.2, 0) is 13.0 Å². The summed E-state index contributed by atoms with van der Waals surface area (Å²) < 4.78 is 2.15. The zero-order valence-corrected chi connectivity index (χ0v) is 12.0. The highest BCUT2D eigenvalue weighted by molar-refractivity contribution is 9.11. The highest BCUT2D eigenvalue weighted by atomic mass is 79.9. The van der Waals surface area contributed by atoms with Gasteiger partial charge >= 0.3 is 0 Å². The maximum atomic E-state index is 4.28. The summed E-state index contributed by atoms with van der Waals surface area (Å²) in [6.45, 7) is 3.17. The third kappa shape index (κ3) is 2.93. The van der Waals surface area contributed by atoms with Crippen LogP contribution in [0.2, 0.25) is 0 Å². The first-order chi connectivity index (χ1) is 8.86. The molecule has 0 radical (unpaired) electrons. The summed E-state index contributed by atoms with van der Waals surface area (Å²) in [5.41, 5.74) is 1.93. The molecule has 0 aromatic rings. The van der Waals surface area contributed by atoms with Gasteiger partial charge in [-0.05, 0) is 16.6 Å². The van der Waals surface area contributed by atoms with Crippen LogP contribution in [0.15, 0.2) is 17.4 Å². The molecular formula is C12H16BrN5. The van der Waals surface area contributed by atoms with Crippen LogP contribution in [0.5, 0.6) is 0 Å². The highest BCUT2D eigenvalue weighted by Gasteiger charge is 2.16. The fourth-order valence-corrected chi connectivity index (χ4v) is 2.09. The zero-order valence-electron chi connectivity index (χ0n) is 10.4. The predicted molar refractivity (Wildman–Crippen MR) is 73.5 cm³/mol. The lowest BCUT2D eigenvalue weighted by atomic mass is 10.2. The van der Waals surface area contributed by atoms with Crippen LogP contribution in [0.1, 0.15) is 31.9 Å². The molecule has 0 fully saturated rings. The Bertz CT molecular complexity index is 493. The van der Waals surface area contributed by atoms with Gasteiger partial charge in [-0.3, -0.25) is 0 Å². The molecule has 0 saturated heterocycles. The van der Waals surface area contributed by atoms with E-state index < -0.39 is 0 Å². The van der Waals surface area contributed by atoms with Gasteiger partial charge in [0.15, 0.2) is 5.69 Å². The number of hydrogen-bond donors (Lipinski definition) is 0. The van der Waals surface area contributed by atoms with Crippen LogP contribution in [0.4, 0.5) is 0 Å². The van der Waals surface area contributed by atoms with Crippen molar-refractivity contribution in [3.63, 3.8) is 0 Å². The monoisotopic (exact) mass is 309 g/mol. The summed E-state index contributed by atoms with van der Waals surface area (Å²) in [5.74, 6) is 0.625. The SMILES string of the molecule is CCCCCn1cnc2nnnc-2c1CC=CBr. The molecule has 2 aliphatic heterocycles. The van der Waals surface area contributed by atoms with Crippen LogP contribution in [0, 0.1) is 0 Å². The fourth-order valence-electron chi connectivity index (χ4n) is 1.90. The molecule has 0 saturated carbocycles. The van der Waals surface area contributed by atoms with Gasteiger partial charge in [0.2, 0.25) is 5.82 Å². The van der Waals surface area contributed by atoms with Crippen molar-refractivity contribution in [1.29, 1.82) is 0 Å². The minimum Gasteiger partial charge on any atom is -0.333 e. The van der Waals surface area contributed by atoms with Crippen LogP contribution < -0.4 is 0 Å². The number of aryl methyl sites for hydroxylation is 1. The number of allylic oxidation sites excluding steroid dienone is 1. The van der Waals surface area contributed by atoms with Crippen LogP contribution in [-0.4, -0.2) is 25.0 Å². The van der Waals surface area contributed by atoms with Gasteiger partial charge in [-0.2, -0.15) is 0 Å². The van der Waals surface area contributed by atoms with Crippen molar-refractivity contribution in [3.05, 3.63) is 23.1 Å². The maximum absolute atomic E-state index is 4.28. The Kier molecular flexibility index (Phi) is 4.81. The van der Waals surface area contributed by atoms with Crippen molar-refractivity contribution >= 4 is 15.9 Å². The van der Waals surface area contributed by atoms with Gasteiger partial charge in [0, 0.05) is 13.0 Å². The molecule has 2 aliphatic rings. The number of rotatable bonds is 6. The lowest BCUT2D eigenvalue weighted by Crippen LogP contribution is -2.10. The predicted octanol–water partition coefficient (Wildman–Crippen LogP) is 2.81. The van der Waals surface area contributed by atoms with E-state index in [1.165, 1.54) is 12.8 Å². The van der Waals surface area contributed by atoms with Crippen molar-refractivity contribution < 1.29 is 0 Å². The Morgan fingerprint density at radius 2 is 2.22 bits per heavy atom. The van der Waals surface area contributed by atoms with E-state index in [2.05, 4.69) is 47.8 Å². The smallest absolute Gasteiger partial charge is 0.207 e. The molecule has 0 N–H and O–H groups in total. The van der Waals surface area contributed by atoms with Crippen molar-refractivity contribution in [2.24, 2.45) is 0 Å². The molecule has 6 heteroatoms. The first-order valence-corrected chi connectivity index (χ1v) is 7.06. The Hall–Kier alpha value is -1.30. The highest BCUT2D eigenvalue weighted by Crippen LogP contribution is 2.19. The third-order valence-corrected chi connectivity index (χ3v) is 3.21. The fraction of sp³-hybridized carbons (Fsp3) is 0.500. The van der Waals surface area contributed by atoms with Gasteiger partial charge in [-0.15, -0.1) is 10.2 Å². The van der Waals surface area contributed by atoms with Gasteiger partial charge < -0.3 is 4.57 Å². The van der Waals surface area contributed by atoms with Crippen molar-refractivity contribution in [1.82, 2.24) is 25.0 Å². The van der Waals surface area contributed by atoms with Crippen LogP contribution in [0.3, 0.4) is 0 Å². The van der Waals surface area contributed by atoms with Gasteiger partial charge in [0.25, 0.3) is 0 Å². The Labute approximate surface area is 115 Å². The van der Waals surface area contributed by atoms with Gasteiger partial charge in [0.1, 0.15) is 0 Å². The van der Waals surface area contributed by atoms with E-state index >= 15 is 0 Å². The molecule has 0 spiro atoms.